The lowest BCUT2D eigenvalue weighted by Crippen LogP contribution is -3.18. The molecule has 27 heavy (non-hydrogen) atoms. The third-order valence-corrected chi connectivity index (χ3v) is 6.11. The van der Waals surface area contributed by atoms with Gasteiger partial charge in [-0.15, -0.1) is 0 Å². The topological polar surface area (TPSA) is 57.1 Å². The van der Waals surface area contributed by atoms with Crippen LogP contribution in [0.15, 0.2) is 36.0 Å². The Labute approximate surface area is 160 Å². The minimum atomic E-state index is -0.0501. The number of quaternary nitrogens is 1. The third-order valence-electron chi connectivity index (χ3n) is 6.11. The largest absolute Gasteiger partial charge is 0.330 e. The smallest absolute Gasteiger partial charge is 0.271 e. The molecule has 1 saturated heterocycles. The Bertz CT molecular complexity index is 729. The van der Waals surface area contributed by atoms with Gasteiger partial charge in [-0.25, -0.2) is 5.01 Å². The lowest BCUT2D eigenvalue weighted by Gasteiger charge is -2.37. The molecule has 2 fully saturated rings. The second kappa shape index (κ2) is 7.72. The Morgan fingerprint density at radius 1 is 1.11 bits per heavy atom. The maximum Gasteiger partial charge on any atom is 0.271 e. The predicted molar refractivity (Wildman–Crippen MR) is 104 cm³/mol. The summed E-state index contributed by atoms with van der Waals surface area (Å²) in [5.41, 5.74) is 5.46. The Kier molecular flexibility index (Phi) is 5.16. The molecule has 2 N–H and O–H groups in total. The molecule has 144 valence electrons. The molecule has 1 aromatic rings. The van der Waals surface area contributed by atoms with Crippen molar-refractivity contribution in [1.82, 2.24) is 10.3 Å². The van der Waals surface area contributed by atoms with Crippen LogP contribution >= 0.6 is 0 Å². The lowest BCUT2D eigenvalue weighted by molar-refractivity contribution is -0.928. The first-order chi connectivity index (χ1) is 13.1. The minimum Gasteiger partial charge on any atom is -0.330 e. The van der Waals surface area contributed by atoms with Crippen molar-refractivity contribution in [3.8, 4) is 0 Å². The second-order valence-electron chi connectivity index (χ2n) is 7.93. The van der Waals surface area contributed by atoms with Crippen LogP contribution in [0.3, 0.4) is 0 Å². The highest BCUT2D eigenvalue weighted by atomic mass is 16.2. The van der Waals surface area contributed by atoms with Crippen LogP contribution in [0, 0.1) is 6.92 Å². The van der Waals surface area contributed by atoms with E-state index in [1.165, 1.54) is 30.7 Å². The number of carbonyl (C=O) groups is 2. The summed E-state index contributed by atoms with van der Waals surface area (Å²) in [5.74, 6) is -0.0454. The molecule has 1 saturated carbocycles. The molecular formula is C21H29N4O2+. The van der Waals surface area contributed by atoms with Gasteiger partial charge in [-0.3, -0.25) is 15.0 Å². The van der Waals surface area contributed by atoms with Gasteiger partial charge >= 0.3 is 0 Å². The van der Waals surface area contributed by atoms with Crippen molar-refractivity contribution >= 4 is 17.5 Å². The van der Waals surface area contributed by atoms with E-state index >= 15 is 0 Å². The number of hydrazine groups is 1. The summed E-state index contributed by atoms with van der Waals surface area (Å²) in [5, 5.41) is 1.49. The summed E-state index contributed by atoms with van der Waals surface area (Å²) in [6, 6.07) is 8.53. The van der Waals surface area contributed by atoms with Gasteiger partial charge in [0.05, 0.1) is 37.9 Å². The van der Waals surface area contributed by atoms with Crippen molar-refractivity contribution in [2.45, 2.75) is 45.1 Å². The van der Waals surface area contributed by atoms with Crippen LogP contribution in [0.5, 0.6) is 0 Å². The Hall–Kier alpha value is -2.34. The first kappa shape index (κ1) is 18.0. The molecule has 0 radical (unpaired) electrons. The number of piperazine rings is 1. The van der Waals surface area contributed by atoms with E-state index in [0.717, 1.165) is 43.5 Å². The van der Waals surface area contributed by atoms with Crippen molar-refractivity contribution < 1.29 is 14.5 Å². The molecule has 6 heteroatoms. The summed E-state index contributed by atoms with van der Waals surface area (Å²) < 4.78 is 0. The first-order valence-corrected chi connectivity index (χ1v) is 10.1. The zero-order chi connectivity index (χ0) is 18.8. The fraction of sp³-hybridized carbons (Fsp3) is 0.524. The van der Waals surface area contributed by atoms with Gasteiger partial charge in [0.2, 0.25) is 5.91 Å². The van der Waals surface area contributed by atoms with Gasteiger partial charge in [0.1, 0.15) is 5.70 Å². The summed E-state index contributed by atoms with van der Waals surface area (Å²) in [7, 11) is 0. The van der Waals surface area contributed by atoms with Gasteiger partial charge < -0.3 is 9.80 Å². The van der Waals surface area contributed by atoms with Gasteiger partial charge in [0, 0.05) is 6.42 Å². The number of carbonyl (C=O) groups excluding carboxylic acids is 2. The maximum absolute atomic E-state index is 13.0. The number of hydrogen-bond acceptors (Lipinski definition) is 3. The summed E-state index contributed by atoms with van der Waals surface area (Å²) in [6.45, 7) is 5.66. The molecule has 2 aliphatic heterocycles. The molecular weight excluding hydrogens is 340 g/mol. The maximum atomic E-state index is 13.0. The van der Waals surface area contributed by atoms with Crippen molar-refractivity contribution in [2.75, 3.05) is 31.2 Å². The number of amides is 2. The van der Waals surface area contributed by atoms with Crippen LogP contribution in [0.25, 0.3) is 0 Å². The molecule has 0 unspecified atom stereocenters. The highest BCUT2D eigenvalue weighted by Gasteiger charge is 2.33. The molecule has 1 aliphatic carbocycles. The van der Waals surface area contributed by atoms with Crippen LogP contribution in [0.4, 0.5) is 5.69 Å². The summed E-state index contributed by atoms with van der Waals surface area (Å²) >= 11 is 0. The molecule has 0 atom stereocenters. The standard InChI is InChI=1S/C21H28N4O2/c1-16-6-8-18(9-7-16)25-20(26)11-10-19(22-25)21(27)24-14-12-23(13-15-24)17-4-2-3-5-17/h6-10,17,22H,2-5,11-15H2,1H3/p+1. The van der Waals surface area contributed by atoms with E-state index in [1.807, 2.05) is 36.1 Å². The number of nitrogens with zero attached hydrogens (tertiary/aromatic N) is 2. The third kappa shape index (κ3) is 3.86. The lowest BCUT2D eigenvalue weighted by atomic mass is 10.1. The highest BCUT2D eigenvalue weighted by Crippen LogP contribution is 2.19. The van der Waals surface area contributed by atoms with Crippen molar-refractivity contribution in [3.63, 3.8) is 0 Å². The zero-order valence-electron chi connectivity index (χ0n) is 16.0. The quantitative estimate of drug-likeness (QED) is 0.828. The number of hydrogen-bond donors (Lipinski definition) is 2. The second-order valence-corrected chi connectivity index (χ2v) is 7.93. The molecule has 2 heterocycles. The number of nitrogens with one attached hydrogen (secondary N) is 2. The van der Waals surface area contributed by atoms with Crippen LogP contribution in [-0.2, 0) is 9.59 Å². The molecule has 0 bridgehead atoms. The average Bonchev–Trinajstić information content (AvgIpc) is 3.24. The minimum absolute atomic E-state index is 0.00471. The summed E-state index contributed by atoms with van der Waals surface area (Å²) in [4.78, 5) is 28.9. The van der Waals surface area contributed by atoms with Crippen LogP contribution in [0.2, 0.25) is 0 Å². The molecule has 0 aromatic heterocycles. The SMILES string of the molecule is Cc1ccc(N2NC(C(=O)N3CC[NH+](C4CCCC4)CC3)=CCC2=O)cc1. The predicted octanol–water partition coefficient (Wildman–Crippen LogP) is 0.790. The average molecular weight is 369 g/mol. The van der Waals surface area contributed by atoms with Gasteiger partial charge in [0.25, 0.3) is 5.91 Å². The van der Waals surface area contributed by atoms with Crippen LogP contribution < -0.4 is 15.3 Å². The molecule has 6 nitrogen and oxygen atoms in total. The van der Waals surface area contributed by atoms with Gasteiger partial charge in [0.15, 0.2) is 0 Å². The monoisotopic (exact) mass is 369 g/mol. The fourth-order valence-corrected chi connectivity index (χ4v) is 4.46. The Balaban J connectivity index is 1.38. The molecule has 0 spiro atoms. The van der Waals surface area contributed by atoms with Crippen LogP contribution in [-0.4, -0.2) is 48.9 Å². The Morgan fingerprint density at radius 2 is 1.78 bits per heavy atom. The number of aryl methyl sites for hydroxylation is 1. The van der Waals surface area contributed by atoms with Crippen molar-refractivity contribution in [3.05, 3.63) is 41.6 Å². The van der Waals surface area contributed by atoms with E-state index in [4.69, 9.17) is 0 Å². The number of anilines is 1. The molecule has 1 aromatic carbocycles. The van der Waals surface area contributed by atoms with Crippen LogP contribution in [0.1, 0.15) is 37.7 Å². The highest BCUT2D eigenvalue weighted by molar-refractivity contribution is 6.01. The fourth-order valence-electron chi connectivity index (χ4n) is 4.46. The number of benzene rings is 1. The normalized spacial score (nSPS) is 22.0. The van der Waals surface area contributed by atoms with Crippen molar-refractivity contribution in [1.29, 1.82) is 0 Å². The van der Waals surface area contributed by atoms with E-state index in [2.05, 4.69) is 5.43 Å². The first-order valence-electron chi connectivity index (χ1n) is 10.1. The van der Waals surface area contributed by atoms with E-state index in [1.54, 1.807) is 11.0 Å². The van der Waals surface area contributed by atoms with Crippen molar-refractivity contribution in [2.24, 2.45) is 0 Å². The number of rotatable bonds is 3. The zero-order valence-corrected chi connectivity index (χ0v) is 16.0. The van der Waals surface area contributed by atoms with E-state index in [9.17, 15) is 9.59 Å². The molecule has 3 aliphatic rings. The van der Waals surface area contributed by atoms with Gasteiger partial charge in [-0.2, -0.15) is 0 Å². The summed E-state index contributed by atoms with van der Waals surface area (Å²) in [6.07, 6.45) is 7.36. The van der Waals surface area contributed by atoms with Gasteiger partial charge in [-0.1, -0.05) is 17.7 Å². The molecule has 2 amide bonds. The van der Waals surface area contributed by atoms with Gasteiger partial charge in [-0.05, 0) is 50.8 Å². The van der Waals surface area contributed by atoms with E-state index in [0.29, 0.717) is 5.70 Å². The molecule has 4 rings (SSSR count). The Morgan fingerprint density at radius 3 is 2.44 bits per heavy atom. The van der Waals surface area contributed by atoms with E-state index in [-0.39, 0.29) is 18.2 Å². The van der Waals surface area contributed by atoms with E-state index < -0.39 is 0 Å².